The number of halogens is 3. The molecule has 0 atom stereocenters. The van der Waals surface area contributed by atoms with E-state index in [1.807, 2.05) is 0 Å². The number of carbonyl (C=O) groups excluding carboxylic acids is 1. The molecule has 0 aliphatic carbocycles. The Morgan fingerprint density at radius 3 is 2.77 bits per heavy atom. The number of hydrogen-bond acceptors (Lipinski definition) is 4. The number of rotatable bonds is 4. The van der Waals surface area contributed by atoms with Gasteiger partial charge in [-0.1, -0.05) is 17.8 Å². The molecule has 1 aromatic carbocycles. The maximum absolute atomic E-state index is 12.7. The molecule has 26 heavy (non-hydrogen) atoms. The Hall–Kier alpha value is -2.75. The zero-order chi connectivity index (χ0) is 18.9. The Kier molecular flexibility index (Phi) is 4.77. The first kappa shape index (κ1) is 18.1. The number of anilines is 1. The molecule has 10 heteroatoms. The van der Waals surface area contributed by atoms with Crippen LogP contribution in [0, 0.1) is 6.92 Å². The first-order valence-corrected chi connectivity index (χ1v) is 8.40. The predicted octanol–water partition coefficient (Wildman–Crippen LogP) is 3.31. The molecule has 2 aromatic heterocycles. The molecule has 3 N–H and O–H groups in total. The molecule has 0 radical (unpaired) electrons. The number of carbonyl (C=O) groups is 1. The molecule has 0 unspecified atom stereocenters. The van der Waals surface area contributed by atoms with Crippen LogP contribution in [0.15, 0.2) is 40.3 Å². The minimum absolute atomic E-state index is 0.0450. The van der Waals surface area contributed by atoms with E-state index in [2.05, 4.69) is 20.3 Å². The fourth-order valence-corrected chi connectivity index (χ4v) is 2.97. The van der Waals surface area contributed by atoms with Crippen LogP contribution in [-0.2, 0) is 11.0 Å². The zero-order valence-electron chi connectivity index (χ0n) is 13.4. The largest absolute Gasteiger partial charge is 0.416 e. The number of fused-ring (bicyclic) bond motifs is 1. The molecule has 0 aliphatic heterocycles. The highest BCUT2D eigenvalue weighted by atomic mass is 32.2. The predicted molar refractivity (Wildman–Crippen MR) is 92.2 cm³/mol. The van der Waals surface area contributed by atoms with Crippen molar-refractivity contribution in [3.05, 3.63) is 51.9 Å². The van der Waals surface area contributed by atoms with Gasteiger partial charge in [-0.15, -0.1) is 0 Å². The number of alkyl halides is 3. The van der Waals surface area contributed by atoms with Crippen molar-refractivity contribution in [2.75, 3.05) is 11.1 Å². The molecule has 2 heterocycles. The Labute approximate surface area is 149 Å². The van der Waals surface area contributed by atoms with Gasteiger partial charge in [0.25, 0.3) is 5.56 Å². The summed E-state index contributed by atoms with van der Waals surface area (Å²) in [6.45, 7) is 1.79. The first-order valence-electron chi connectivity index (χ1n) is 7.42. The average Bonchev–Trinajstić information content (AvgIpc) is 2.93. The van der Waals surface area contributed by atoms with Crippen LogP contribution in [0.4, 0.5) is 18.9 Å². The van der Waals surface area contributed by atoms with Gasteiger partial charge in [0.05, 0.1) is 16.8 Å². The number of nitrogens with zero attached hydrogens (tertiary/aromatic N) is 1. The lowest BCUT2D eigenvalue weighted by Gasteiger charge is -2.09. The quantitative estimate of drug-likeness (QED) is 0.477. The van der Waals surface area contributed by atoms with Gasteiger partial charge in [-0.2, -0.15) is 13.2 Å². The van der Waals surface area contributed by atoms with Crippen molar-refractivity contribution in [2.24, 2.45) is 0 Å². The van der Waals surface area contributed by atoms with Gasteiger partial charge in [0, 0.05) is 11.4 Å². The number of H-pyrrole nitrogens is 2. The van der Waals surface area contributed by atoms with Crippen LogP contribution >= 0.6 is 11.8 Å². The Morgan fingerprint density at radius 2 is 2.04 bits per heavy atom. The lowest BCUT2D eigenvalue weighted by Crippen LogP contribution is -2.16. The monoisotopic (exact) mass is 382 g/mol. The SMILES string of the molecule is Cc1cc2nc(SCC(=O)Nc3cccc(C(F)(F)F)c3)[nH]c(=O)c2[nH]1. The minimum atomic E-state index is -4.48. The number of hydrogen-bond donors (Lipinski definition) is 3. The van der Waals surface area contributed by atoms with Crippen LogP contribution in [0.1, 0.15) is 11.3 Å². The Balaban J connectivity index is 1.67. The molecule has 136 valence electrons. The molecular weight excluding hydrogens is 369 g/mol. The van der Waals surface area contributed by atoms with Crippen molar-refractivity contribution in [2.45, 2.75) is 18.3 Å². The van der Waals surface area contributed by atoms with Gasteiger partial charge in [0.15, 0.2) is 5.16 Å². The van der Waals surface area contributed by atoms with Gasteiger partial charge in [0.2, 0.25) is 5.91 Å². The van der Waals surface area contributed by atoms with Gasteiger partial charge in [-0.05, 0) is 31.2 Å². The smallest absolute Gasteiger partial charge is 0.353 e. The number of thioether (sulfide) groups is 1. The van der Waals surface area contributed by atoms with E-state index in [0.717, 1.165) is 29.6 Å². The van der Waals surface area contributed by atoms with Crippen LogP contribution < -0.4 is 10.9 Å². The van der Waals surface area contributed by atoms with Crippen molar-refractivity contribution in [3.63, 3.8) is 0 Å². The van der Waals surface area contributed by atoms with E-state index in [9.17, 15) is 22.8 Å². The van der Waals surface area contributed by atoms with Crippen LogP contribution in [0.5, 0.6) is 0 Å². The van der Waals surface area contributed by atoms with Gasteiger partial charge >= 0.3 is 6.18 Å². The third kappa shape index (κ3) is 4.07. The van der Waals surface area contributed by atoms with Gasteiger partial charge in [0.1, 0.15) is 5.52 Å². The van der Waals surface area contributed by atoms with E-state index < -0.39 is 17.6 Å². The van der Waals surface area contributed by atoms with Crippen LogP contribution in [0.3, 0.4) is 0 Å². The average molecular weight is 382 g/mol. The fourth-order valence-electron chi connectivity index (χ4n) is 2.31. The molecule has 0 saturated heterocycles. The van der Waals surface area contributed by atoms with Crippen LogP contribution in [0.25, 0.3) is 11.0 Å². The lowest BCUT2D eigenvalue weighted by molar-refractivity contribution is -0.137. The first-order chi connectivity index (χ1) is 12.2. The van der Waals surface area contributed by atoms with Gasteiger partial charge in [-0.3, -0.25) is 14.6 Å². The Bertz CT molecular complexity index is 1030. The summed E-state index contributed by atoms with van der Waals surface area (Å²) in [6.07, 6.45) is -4.48. The summed E-state index contributed by atoms with van der Waals surface area (Å²) >= 11 is 0.981. The lowest BCUT2D eigenvalue weighted by atomic mass is 10.2. The van der Waals surface area contributed by atoms with Gasteiger partial charge in [-0.25, -0.2) is 4.98 Å². The number of benzene rings is 1. The Morgan fingerprint density at radius 1 is 1.27 bits per heavy atom. The second-order valence-electron chi connectivity index (χ2n) is 5.50. The topological polar surface area (TPSA) is 90.6 Å². The summed E-state index contributed by atoms with van der Waals surface area (Å²) in [5.74, 6) is -0.629. The van der Waals surface area contributed by atoms with E-state index in [1.165, 1.54) is 12.1 Å². The molecule has 3 rings (SSSR count). The fraction of sp³-hybridized carbons (Fsp3) is 0.188. The summed E-state index contributed by atoms with van der Waals surface area (Å²) in [4.78, 5) is 33.6. The zero-order valence-corrected chi connectivity index (χ0v) is 14.2. The highest BCUT2D eigenvalue weighted by Crippen LogP contribution is 2.30. The molecule has 0 saturated carbocycles. The third-order valence-electron chi connectivity index (χ3n) is 3.41. The summed E-state index contributed by atoms with van der Waals surface area (Å²) in [7, 11) is 0. The molecule has 0 fully saturated rings. The number of amides is 1. The molecule has 3 aromatic rings. The summed E-state index contributed by atoms with van der Waals surface area (Å²) in [5.41, 5.74) is 0.449. The molecule has 6 nitrogen and oxygen atoms in total. The minimum Gasteiger partial charge on any atom is -0.353 e. The number of nitrogens with one attached hydrogen (secondary N) is 3. The molecule has 0 spiro atoms. The molecular formula is C16H13F3N4O2S. The number of aryl methyl sites for hydroxylation is 1. The third-order valence-corrected chi connectivity index (χ3v) is 4.29. The van der Waals surface area contributed by atoms with Gasteiger partial charge < -0.3 is 10.3 Å². The number of aromatic nitrogens is 3. The van der Waals surface area contributed by atoms with Crippen molar-refractivity contribution in [1.82, 2.24) is 15.0 Å². The van der Waals surface area contributed by atoms with Crippen LogP contribution in [0.2, 0.25) is 0 Å². The molecule has 0 bridgehead atoms. The van der Waals surface area contributed by atoms with Crippen molar-refractivity contribution >= 4 is 34.4 Å². The second-order valence-corrected chi connectivity index (χ2v) is 6.46. The molecule has 1 amide bonds. The van der Waals surface area contributed by atoms with E-state index in [0.29, 0.717) is 11.0 Å². The standard InChI is InChI=1S/C16H13F3N4O2S/c1-8-5-11-13(20-8)14(25)23-15(22-11)26-7-12(24)21-10-4-2-3-9(6-10)16(17,18)19/h2-6,20H,7H2,1H3,(H,21,24)(H,22,23,25). The highest BCUT2D eigenvalue weighted by molar-refractivity contribution is 7.99. The van der Waals surface area contributed by atoms with E-state index in [4.69, 9.17) is 0 Å². The second kappa shape index (κ2) is 6.87. The highest BCUT2D eigenvalue weighted by Gasteiger charge is 2.30. The van der Waals surface area contributed by atoms with Crippen molar-refractivity contribution < 1.29 is 18.0 Å². The normalized spacial score (nSPS) is 11.7. The van der Waals surface area contributed by atoms with Crippen LogP contribution in [-0.4, -0.2) is 26.6 Å². The van der Waals surface area contributed by atoms with E-state index in [-0.39, 0.29) is 22.2 Å². The van der Waals surface area contributed by atoms with E-state index in [1.54, 1.807) is 13.0 Å². The summed E-state index contributed by atoms with van der Waals surface area (Å²) in [6, 6.07) is 6.07. The summed E-state index contributed by atoms with van der Waals surface area (Å²) < 4.78 is 38.0. The maximum Gasteiger partial charge on any atom is 0.416 e. The molecule has 0 aliphatic rings. The number of aromatic amines is 2. The van der Waals surface area contributed by atoms with E-state index >= 15 is 0 Å². The van der Waals surface area contributed by atoms with Crippen molar-refractivity contribution in [3.8, 4) is 0 Å². The van der Waals surface area contributed by atoms with Crippen molar-refractivity contribution in [1.29, 1.82) is 0 Å². The summed E-state index contributed by atoms with van der Waals surface area (Å²) in [5, 5.41) is 2.65. The maximum atomic E-state index is 12.7.